The summed E-state index contributed by atoms with van der Waals surface area (Å²) in [5.74, 6) is 0.900. The highest BCUT2D eigenvalue weighted by Gasteiger charge is 2.02. The van der Waals surface area contributed by atoms with E-state index in [0.29, 0.717) is 18.2 Å². The van der Waals surface area contributed by atoms with Crippen LogP contribution in [0.4, 0.5) is 16.0 Å². The highest BCUT2D eigenvalue weighted by atomic mass is 35.5. The first-order valence-electron chi connectivity index (χ1n) is 5.36. The molecular weight excluding hydrogens is 255 g/mol. The fraction of sp³-hybridized carbons (Fsp3) is 0.167. The van der Waals surface area contributed by atoms with E-state index in [1.165, 1.54) is 6.07 Å². The Hall–Kier alpha value is -1.88. The maximum atomic E-state index is 13.0. The Morgan fingerprint density at radius 2 is 2.06 bits per heavy atom. The number of rotatable bonds is 4. The summed E-state index contributed by atoms with van der Waals surface area (Å²) in [6.07, 6.45) is 3.24. The van der Waals surface area contributed by atoms with Crippen molar-refractivity contribution in [3.63, 3.8) is 0 Å². The molecule has 2 aromatic rings. The number of nitrogens with one attached hydrogen (secondary N) is 2. The summed E-state index contributed by atoms with van der Waals surface area (Å²) < 4.78 is 13.0. The van der Waals surface area contributed by atoms with E-state index in [-0.39, 0.29) is 5.02 Å². The second kappa shape index (κ2) is 5.64. The molecule has 0 unspecified atom stereocenters. The first kappa shape index (κ1) is 12.6. The highest BCUT2D eigenvalue weighted by Crippen LogP contribution is 2.17. The van der Waals surface area contributed by atoms with E-state index in [1.54, 1.807) is 31.6 Å². The zero-order valence-corrected chi connectivity index (χ0v) is 10.5. The van der Waals surface area contributed by atoms with Gasteiger partial charge in [0.05, 0.1) is 17.4 Å². The van der Waals surface area contributed by atoms with Crippen LogP contribution in [0.3, 0.4) is 0 Å². The largest absolute Gasteiger partial charge is 0.372 e. The van der Waals surface area contributed by atoms with Crippen LogP contribution in [0.15, 0.2) is 30.6 Å². The number of anilines is 2. The van der Waals surface area contributed by atoms with Gasteiger partial charge < -0.3 is 10.6 Å². The third-order valence-corrected chi connectivity index (χ3v) is 2.64. The lowest BCUT2D eigenvalue weighted by atomic mass is 10.2. The minimum atomic E-state index is -0.419. The minimum Gasteiger partial charge on any atom is -0.372 e. The van der Waals surface area contributed by atoms with Gasteiger partial charge in [-0.25, -0.2) is 9.37 Å². The first-order valence-corrected chi connectivity index (χ1v) is 5.74. The van der Waals surface area contributed by atoms with Crippen molar-refractivity contribution < 1.29 is 4.39 Å². The van der Waals surface area contributed by atoms with Crippen LogP contribution >= 0.6 is 11.6 Å². The predicted octanol–water partition coefficient (Wildman–Crippen LogP) is 2.92. The molecule has 0 atom stereocenters. The summed E-state index contributed by atoms with van der Waals surface area (Å²) in [6, 6.07) is 4.60. The smallest absolute Gasteiger partial charge is 0.147 e. The molecule has 0 bridgehead atoms. The second-order valence-corrected chi connectivity index (χ2v) is 4.05. The Morgan fingerprint density at radius 3 is 2.78 bits per heavy atom. The lowest BCUT2D eigenvalue weighted by Gasteiger charge is -2.07. The van der Waals surface area contributed by atoms with Gasteiger partial charge >= 0.3 is 0 Å². The molecule has 18 heavy (non-hydrogen) atoms. The molecule has 0 fully saturated rings. The zero-order valence-electron chi connectivity index (χ0n) is 9.74. The van der Waals surface area contributed by atoms with Crippen LogP contribution in [0.2, 0.25) is 5.02 Å². The average Bonchev–Trinajstić information content (AvgIpc) is 2.40. The maximum Gasteiger partial charge on any atom is 0.147 e. The van der Waals surface area contributed by atoms with Crippen LogP contribution in [-0.4, -0.2) is 17.0 Å². The maximum absolute atomic E-state index is 13.0. The van der Waals surface area contributed by atoms with E-state index in [9.17, 15) is 4.39 Å². The summed E-state index contributed by atoms with van der Waals surface area (Å²) in [4.78, 5) is 8.28. The number of benzene rings is 1. The molecule has 1 aromatic heterocycles. The average molecular weight is 267 g/mol. The van der Waals surface area contributed by atoms with Crippen molar-refractivity contribution in [3.8, 4) is 0 Å². The number of hydrogen-bond donors (Lipinski definition) is 2. The summed E-state index contributed by atoms with van der Waals surface area (Å²) >= 11 is 5.70. The van der Waals surface area contributed by atoms with Gasteiger partial charge in [-0.15, -0.1) is 0 Å². The van der Waals surface area contributed by atoms with Gasteiger partial charge in [-0.2, -0.15) is 0 Å². The molecule has 0 amide bonds. The molecular formula is C12H12ClFN4. The SMILES string of the molecule is CNc1cncc(NCc2ccc(F)c(Cl)c2)n1. The van der Waals surface area contributed by atoms with Crippen LogP contribution in [0.5, 0.6) is 0 Å². The molecule has 2 N–H and O–H groups in total. The molecule has 0 aliphatic heterocycles. The molecule has 4 nitrogen and oxygen atoms in total. The molecule has 1 aromatic carbocycles. The molecule has 0 saturated carbocycles. The Kier molecular flexibility index (Phi) is 3.94. The fourth-order valence-electron chi connectivity index (χ4n) is 1.41. The molecule has 0 radical (unpaired) electrons. The fourth-order valence-corrected chi connectivity index (χ4v) is 1.62. The Labute approximate surface area is 109 Å². The van der Waals surface area contributed by atoms with E-state index in [0.717, 1.165) is 5.56 Å². The van der Waals surface area contributed by atoms with Crippen LogP contribution in [-0.2, 0) is 6.54 Å². The van der Waals surface area contributed by atoms with Crippen LogP contribution in [0.25, 0.3) is 0 Å². The minimum absolute atomic E-state index is 0.115. The van der Waals surface area contributed by atoms with Crippen LogP contribution in [0, 0.1) is 5.82 Å². The van der Waals surface area contributed by atoms with Gasteiger partial charge in [0, 0.05) is 13.6 Å². The lowest BCUT2D eigenvalue weighted by Crippen LogP contribution is -2.03. The van der Waals surface area contributed by atoms with Gasteiger partial charge in [0.15, 0.2) is 0 Å². The van der Waals surface area contributed by atoms with Crippen molar-refractivity contribution in [2.75, 3.05) is 17.7 Å². The highest BCUT2D eigenvalue weighted by molar-refractivity contribution is 6.30. The molecule has 0 spiro atoms. The van der Waals surface area contributed by atoms with Crippen molar-refractivity contribution in [1.29, 1.82) is 0 Å². The van der Waals surface area contributed by atoms with Crippen molar-refractivity contribution in [1.82, 2.24) is 9.97 Å². The third-order valence-electron chi connectivity index (χ3n) is 2.35. The van der Waals surface area contributed by atoms with Crippen molar-refractivity contribution >= 4 is 23.2 Å². The molecule has 94 valence electrons. The third kappa shape index (κ3) is 3.07. The van der Waals surface area contributed by atoms with Crippen molar-refractivity contribution in [2.45, 2.75) is 6.54 Å². The van der Waals surface area contributed by atoms with E-state index in [4.69, 9.17) is 11.6 Å². The van der Waals surface area contributed by atoms with Crippen LogP contribution < -0.4 is 10.6 Å². The standard InChI is InChI=1S/C12H12ClFN4/c1-15-11-6-16-7-12(18-11)17-5-8-2-3-10(14)9(13)4-8/h2-4,6-7H,5H2,1H3,(H2,15,17,18). The van der Waals surface area contributed by atoms with Crippen molar-refractivity contribution in [3.05, 3.63) is 47.0 Å². The summed E-state index contributed by atoms with van der Waals surface area (Å²) in [7, 11) is 1.77. The second-order valence-electron chi connectivity index (χ2n) is 3.64. The summed E-state index contributed by atoms with van der Waals surface area (Å²) in [5.41, 5.74) is 0.873. The predicted molar refractivity (Wildman–Crippen MR) is 70.3 cm³/mol. The van der Waals surface area contributed by atoms with Crippen LogP contribution in [0.1, 0.15) is 5.56 Å². The van der Waals surface area contributed by atoms with Gasteiger partial charge in [0.2, 0.25) is 0 Å². The normalized spacial score (nSPS) is 10.2. The number of halogens is 2. The topological polar surface area (TPSA) is 49.8 Å². The lowest BCUT2D eigenvalue weighted by molar-refractivity contribution is 0.627. The van der Waals surface area contributed by atoms with E-state index in [1.807, 2.05) is 0 Å². The Morgan fingerprint density at radius 1 is 1.28 bits per heavy atom. The van der Waals surface area contributed by atoms with Crippen molar-refractivity contribution in [2.24, 2.45) is 0 Å². The quantitative estimate of drug-likeness (QED) is 0.893. The monoisotopic (exact) mass is 266 g/mol. The van der Waals surface area contributed by atoms with Gasteiger partial charge in [-0.1, -0.05) is 17.7 Å². The molecule has 0 aliphatic carbocycles. The van der Waals surface area contributed by atoms with E-state index in [2.05, 4.69) is 20.6 Å². The number of nitrogens with zero attached hydrogens (tertiary/aromatic N) is 2. The molecule has 6 heteroatoms. The first-order chi connectivity index (χ1) is 8.69. The molecule has 1 heterocycles. The molecule has 0 saturated heterocycles. The Bertz CT molecular complexity index is 547. The van der Waals surface area contributed by atoms with Gasteiger partial charge in [-0.3, -0.25) is 4.98 Å². The number of hydrogen-bond acceptors (Lipinski definition) is 4. The van der Waals surface area contributed by atoms with E-state index >= 15 is 0 Å². The molecule has 0 aliphatic rings. The van der Waals surface area contributed by atoms with Gasteiger partial charge in [0.1, 0.15) is 17.5 Å². The van der Waals surface area contributed by atoms with E-state index < -0.39 is 5.82 Å². The summed E-state index contributed by atoms with van der Waals surface area (Å²) in [5, 5.41) is 6.10. The Balaban J connectivity index is 2.04. The zero-order chi connectivity index (χ0) is 13.0. The summed E-state index contributed by atoms with van der Waals surface area (Å²) in [6.45, 7) is 0.502. The van der Waals surface area contributed by atoms with Gasteiger partial charge in [0.25, 0.3) is 0 Å². The number of aromatic nitrogens is 2. The molecule has 2 rings (SSSR count). The van der Waals surface area contributed by atoms with Gasteiger partial charge in [-0.05, 0) is 17.7 Å².